The normalized spacial score (nSPS) is 11.2. The highest BCUT2D eigenvalue weighted by molar-refractivity contribution is 5.87. The van der Waals surface area contributed by atoms with E-state index in [9.17, 15) is 9.59 Å². The van der Waals surface area contributed by atoms with Gasteiger partial charge in [0.15, 0.2) is 0 Å². The Morgan fingerprint density at radius 2 is 0.969 bits per heavy atom. The van der Waals surface area contributed by atoms with Crippen LogP contribution >= 0.6 is 0 Å². The minimum atomic E-state index is -0.555. The van der Waals surface area contributed by atoms with Crippen molar-refractivity contribution in [2.24, 2.45) is 0 Å². The minimum absolute atomic E-state index is 0.205. The largest absolute Gasteiger partial charge is 0.422 e. The van der Waals surface area contributed by atoms with Crippen LogP contribution in [-0.4, -0.2) is 26.2 Å². The summed E-state index contributed by atoms with van der Waals surface area (Å²) >= 11 is 0. The maximum absolute atomic E-state index is 12.8. The van der Waals surface area contributed by atoms with Crippen molar-refractivity contribution in [2.75, 3.05) is 36.0 Å². The van der Waals surface area contributed by atoms with Crippen molar-refractivity contribution in [3.8, 4) is 11.1 Å². The third kappa shape index (κ3) is 3.88. The van der Waals surface area contributed by atoms with Crippen LogP contribution in [0.4, 0.5) is 11.4 Å². The Kier molecular flexibility index (Phi) is 6.04. The van der Waals surface area contributed by atoms with Crippen molar-refractivity contribution in [3.05, 3.63) is 69.4 Å². The van der Waals surface area contributed by atoms with E-state index in [1.54, 1.807) is 12.1 Å². The van der Waals surface area contributed by atoms with Crippen molar-refractivity contribution in [2.45, 2.75) is 27.7 Å². The summed E-state index contributed by atoms with van der Waals surface area (Å²) in [6, 6.07) is 15.0. The first-order valence-electron chi connectivity index (χ1n) is 11.1. The maximum atomic E-state index is 12.8. The number of anilines is 2. The number of rotatable bonds is 7. The van der Waals surface area contributed by atoms with E-state index in [4.69, 9.17) is 8.83 Å². The molecule has 32 heavy (non-hydrogen) atoms. The van der Waals surface area contributed by atoms with Gasteiger partial charge in [-0.15, -0.1) is 0 Å². The molecule has 2 heterocycles. The van der Waals surface area contributed by atoms with Gasteiger partial charge >= 0.3 is 11.3 Å². The molecular formula is C26H28N2O4. The van der Waals surface area contributed by atoms with Crippen LogP contribution in [0.15, 0.2) is 67.0 Å². The fourth-order valence-electron chi connectivity index (χ4n) is 4.15. The summed E-state index contributed by atoms with van der Waals surface area (Å²) in [7, 11) is 0. The Balaban J connectivity index is 1.81. The molecule has 6 nitrogen and oxygen atoms in total. The summed E-state index contributed by atoms with van der Waals surface area (Å²) in [6.45, 7) is 11.8. The fraction of sp³-hybridized carbons (Fsp3) is 0.308. The standard InChI is InChI=1S/C26H28N2O4/c1-5-27(6-2)19-11-9-17-13-21(25(29)31-23(17)15-19)22-14-18-10-12-20(28(7-3)8-4)16-24(18)32-26(22)30/h9-16H,5-8H2,1-4H3. The molecule has 0 atom stereocenters. The van der Waals surface area contributed by atoms with Crippen molar-refractivity contribution in [1.82, 2.24) is 0 Å². The number of hydrogen-bond acceptors (Lipinski definition) is 6. The molecule has 2 aromatic heterocycles. The van der Waals surface area contributed by atoms with Crippen LogP contribution in [0.3, 0.4) is 0 Å². The molecule has 0 saturated heterocycles. The molecule has 0 aliphatic rings. The van der Waals surface area contributed by atoms with Crippen molar-refractivity contribution in [1.29, 1.82) is 0 Å². The van der Waals surface area contributed by atoms with Gasteiger partial charge in [0.2, 0.25) is 0 Å². The SMILES string of the molecule is CCN(CC)c1ccc2cc(-c3cc4ccc(N(CC)CC)cc4oc3=O)c(=O)oc2c1. The Bertz CT molecular complexity index is 1270. The van der Waals surface area contributed by atoms with Crippen molar-refractivity contribution < 1.29 is 8.83 Å². The molecule has 0 N–H and O–H groups in total. The maximum Gasteiger partial charge on any atom is 0.344 e. The van der Waals surface area contributed by atoms with Gasteiger partial charge in [-0.05, 0) is 64.1 Å². The summed E-state index contributed by atoms with van der Waals surface area (Å²) in [5, 5.41) is 1.51. The average molecular weight is 433 g/mol. The lowest BCUT2D eigenvalue weighted by atomic mass is 10.1. The topological polar surface area (TPSA) is 66.9 Å². The second-order valence-electron chi connectivity index (χ2n) is 7.68. The third-order valence-corrected chi connectivity index (χ3v) is 5.99. The lowest BCUT2D eigenvalue weighted by Crippen LogP contribution is -2.21. The van der Waals surface area contributed by atoms with E-state index in [2.05, 4.69) is 37.5 Å². The van der Waals surface area contributed by atoms with Gasteiger partial charge in [0.05, 0.1) is 11.1 Å². The zero-order valence-electron chi connectivity index (χ0n) is 19.0. The first-order valence-corrected chi connectivity index (χ1v) is 11.1. The van der Waals surface area contributed by atoms with Gasteiger partial charge in [-0.2, -0.15) is 0 Å². The van der Waals surface area contributed by atoms with Crippen LogP contribution in [0.2, 0.25) is 0 Å². The molecule has 4 rings (SSSR count). The highest BCUT2D eigenvalue weighted by Gasteiger charge is 2.15. The van der Waals surface area contributed by atoms with Gasteiger partial charge < -0.3 is 18.6 Å². The Morgan fingerprint density at radius 1 is 0.594 bits per heavy atom. The lowest BCUT2D eigenvalue weighted by molar-refractivity contribution is 0.553. The molecule has 2 aromatic carbocycles. The number of benzene rings is 2. The van der Waals surface area contributed by atoms with Crippen LogP contribution in [0.1, 0.15) is 27.7 Å². The minimum Gasteiger partial charge on any atom is -0.422 e. The molecule has 0 aliphatic heterocycles. The summed E-state index contributed by atoms with van der Waals surface area (Å²) in [4.78, 5) is 29.9. The van der Waals surface area contributed by atoms with Gasteiger partial charge in [0, 0.05) is 60.5 Å². The van der Waals surface area contributed by atoms with Gasteiger partial charge in [0.25, 0.3) is 0 Å². The van der Waals surface area contributed by atoms with Crippen LogP contribution in [0, 0.1) is 0 Å². The van der Waals surface area contributed by atoms with Gasteiger partial charge in [-0.3, -0.25) is 0 Å². The molecule has 0 spiro atoms. The monoisotopic (exact) mass is 432 g/mol. The van der Waals surface area contributed by atoms with Gasteiger partial charge in [-0.25, -0.2) is 9.59 Å². The van der Waals surface area contributed by atoms with Crippen molar-refractivity contribution in [3.63, 3.8) is 0 Å². The first kappa shape index (κ1) is 21.7. The van der Waals surface area contributed by atoms with E-state index >= 15 is 0 Å². The van der Waals surface area contributed by atoms with Crippen LogP contribution in [0.5, 0.6) is 0 Å². The van der Waals surface area contributed by atoms with Crippen LogP contribution in [0.25, 0.3) is 33.1 Å². The average Bonchev–Trinajstić information content (AvgIpc) is 2.80. The molecule has 0 amide bonds. The molecular weight excluding hydrogens is 404 g/mol. The zero-order valence-corrected chi connectivity index (χ0v) is 19.0. The summed E-state index contributed by atoms with van der Waals surface area (Å²) in [5.74, 6) is 0. The van der Waals surface area contributed by atoms with E-state index in [1.165, 1.54) is 0 Å². The molecule has 6 heteroatoms. The predicted octanol–water partition coefficient (Wildman–Crippen LogP) is 5.26. The molecule has 4 aromatic rings. The molecule has 0 saturated carbocycles. The molecule has 0 unspecified atom stereocenters. The van der Waals surface area contributed by atoms with Crippen LogP contribution < -0.4 is 21.1 Å². The van der Waals surface area contributed by atoms with Gasteiger partial charge in [-0.1, -0.05) is 0 Å². The number of hydrogen-bond donors (Lipinski definition) is 0. The third-order valence-electron chi connectivity index (χ3n) is 5.99. The molecule has 0 aliphatic carbocycles. The van der Waals surface area contributed by atoms with E-state index in [0.717, 1.165) is 48.3 Å². The molecule has 166 valence electrons. The Morgan fingerprint density at radius 3 is 1.31 bits per heavy atom. The molecule has 0 radical (unpaired) electrons. The number of fused-ring (bicyclic) bond motifs is 2. The van der Waals surface area contributed by atoms with E-state index in [-0.39, 0.29) is 11.1 Å². The van der Waals surface area contributed by atoms with E-state index < -0.39 is 11.3 Å². The highest BCUT2D eigenvalue weighted by Crippen LogP contribution is 2.27. The smallest absolute Gasteiger partial charge is 0.344 e. The highest BCUT2D eigenvalue weighted by atomic mass is 16.4. The first-order chi connectivity index (χ1) is 15.5. The van der Waals surface area contributed by atoms with Gasteiger partial charge in [0.1, 0.15) is 11.2 Å². The summed E-state index contributed by atoms with van der Waals surface area (Å²) in [6.07, 6.45) is 0. The predicted molar refractivity (Wildman–Crippen MR) is 131 cm³/mol. The number of nitrogens with zero attached hydrogens (tertiary/aromatic N) is 2. The molecule has 0 bridgehead atoms. The van der Waals surface area contributed by atoms with E-state index in [0.29, 0.717) is 11.2 Å². The lowest BCUT2D eigenvalue weighted by Gasteiger charge is -2.21. The fourth-order valence-corrected chi connectivity index (χ4v) is 4.15. The summed E-state index contributed by atoms with van der Waals surface area (Å²) < 4.78 is 11.2. The molecule has 0 fully saturated rings. The zero-order chi connectivity index (χ0) is 22.8. The van der Waals surface area contributed by atoms with Crippen LogP contribution in [-0.2, 0) is 0 Å². The Hall–Kier alpha value is -3.54. The van der Waals surface area contributed by atoms with Crippen molar-refractivity contribution >= 4 is 33.3 Å². The quantitative estimate of drug-likeness (QED) is 0.371. The Labute approximate surface area is 186 Å². The summed E-state index contributed by atoms with van der Waals surface area (Å²) in [5.41, 5.74) is 2.28. The second-order valence-corrected chi connectivity index (χ2v) is 7.68. The second kappa shape index (κ2) is 8.91. The van der Waals surface area contributed by atoms with E-state index in [1.807, 2.05) is 36.4 Å².